The van der Waals surface area contributed by atoms with E-state index in [2.05, 4.69) is 117 Å². The molecule has 5 rings (SSSR count). The predicted molar refractivity (Wildman–Crippen MR) is 162 cm³/mol. The van der Waals surface area contributed by atoms with Crippen molar-refractivity contribution in [1.82, 2.24) is 0 Å². The summed E-state index contributed by atoms with van der Waals surface area (Å²) in [5.41, 5.74) is 16.7. The van der Waals surface area contributed by atoms with Gasteiger partial charge in [-0.3, -0.25) is 0 Å². The Kier molecular flexibility index (Phi) is 6.33. The molecule has 3 aromatic carbocycles. The summed E-state index contributed by atoms with van der Waals surface area (Å²) in [5.74, 6) is 0. The van der Waals surface area contributed by atoms with Gasteiger partial charge in [-0.15, -0.1) is 0 Å². The normalized spacial score (nSPS) is 15.6. The Morgan fingerprint density at radius 2 is 0.757 bits per heavy atom. The maximum atomic E-state index is 2.51. The van der Waals surface area contributed by atoms with Crippen molar-refractivity contribution in [2.75, 3.05) is 0 Å². The van der Waals surface area contributed by atoms with Crippen LogP contribution in [0.15, 0.2) is 42.5 Å². The molecule has 0 nitrogen and oxygen atoms in total. The van der Waals surface area contributed by atoms with Gasteiger partial charge in [-0.05, 0) is 110 Å². The smallest absolute Gasteiger partial charge is 0.00135 e. The molecule has 0 N–H and O–H groups in total. The van der Waals surface area contributed by atoms with Gasteiger partial charge in [0.15, 0.2) is 0 Å². The summed E-state index contributed by atoms with van der Waals surface area (Å²) < 4.78 is 0. The van der Waals surface area contributed by atoms with Crippen molar-refractivity contribution in [3.05, 3.63) is 104 Å². The van der Waals surface area contributed by atoms with Gasteiger partial charge >= 0.3 is 0 Å². The fourth-order valence-corrected chi connectivity index (χ4v) is 5.97. The Morgan fingerprint density at radius 1 is 0.405 bits per heavy atom. The van der Waals surface area contributed by atoms with Crippen LogP contribution in [0.5, 0.6) is 0 Å². The molecule has 0 heteroatoms. The van der Waals surface area contributed by atoms with E-state index in [1.807, 2.05) is 0 Å². The number of aryl methyl sites for hydroxylation is 4. The molecule has 0 unspecified atom stereocenters. The highest BCUT2D eigenvalue weighted by molar-refractivity contribution is 5.79. The first kappa shape index (κ1) is 26.0. The molecule has 37 heavy (non-hydrogen) atoms. The number of hydrogen-bond acceptors (Lipinski definition) is 0. The fourth-order valence-electron chi connectivity index (χ4n) is 5.97. The van der Waals surface area contributed by atoms with E-state index in [1.54, 1.807) is 0 Å². The maximum absolute atomic E-state index is 2.51. The SMILES string of the molecule is CC(C)(C)c1cc2cc(c1)CCc1cc(C(C)(C)C)cc3c1C=Cc1c(cc(C(C)(C)C)cc1C3)CC2. The Hall–Kier alpha value is -2.60. The summed E-state index contributed by atoms with van der Waals surface area (Å²) in [6, 6.07) is 17.5. The van der Waals surface area contributed by atoms with E-state index in [1.165, 1.54) is 61.2 Å². The van der Waals surface area contributed by atoms with E-state index in [9.17, 15) is 0 Å². The van der Waals surface area contributed by atoms with Crippen LogP contribution in [0.2, 0.25) is 0 Å². The Bertz CT molecular complexity index is 1280. The van der Waals surface area contributed by atoms with Crippen LogP contribution >= 0.6 is 0 Å². The van der Waals surface area contributed by atoms with Crippen molar-refractivity contribution in [1.29, 1.82) is 0 Å². The Labute approximate surface area is 226 Å². The zero-order valence-corrected chi connectivity index (χ0v) is 24.7. The van der Waals surface area contributed by atoms with Crippen LogP contribution in [-0.2, 0) is 48.3 Å². The lowest BCUT2D eigenvalue weighted by molar-refractivity contribution is 0.586. The van der Waals surface area contributed by atoms with E-state index >= 15 is 0 Å². The van der Waals surface area contributed by atoms with Gasteiger partial charge in [0, 0.05) is 0 Å². The lowest BCUT2D eigenvalue weighted by atomic mass is 9.79. The minimum atomic E-state index is 0.131. The topological polar surface area (TPSA) is 0 Å². The van der Waals surface area contributed by atoms with Crippen LogP contribution < -0.4 is 0 Å². The second-order valence-corrected chi connectivity index (χ2v) is 14.7. The van der Waals surface area contributed by atoms with E-state index in [4.69, 9.17) is 0 Å². The molecule has 194 valence electrons. The van der Waals surface area contributed by atoms with Crippen molar-refractivity contribution in [3.8, 4) is 0 Å². The monoisotopic (exact) mass is 490 g/mol. The lowest BCUT2D eigenvalue weighted by Gasteiger charge is -2.25. The molecular formula is C37H46. The van der Waals surface area contributed by atoms with Crippen molar-refractivity contribution in [3.63, 3.8) is 0 Å². The third-order valence-electron chi connectivity index (χ3n) is 8.52. The van der Waals surface area contributed by atoms with E-state index < -0.39 is 0 Å². The first-order chi connectivity index (χ1) is 17.2. The Morgan fingerprint density at radius 3 is 1.14 bits per heavy atom. The molecule has 4 bridgehead atoms. The molecule has 0 amide bonds. The van der Waals surface area contributed by atoms with Crippen LogP contribution in [0.1, 0.15) is 124 Å². The van der Waals surface area contributed by atoms with Crippen molar-refractivity contribution in [2.45, 2.75) is 111 Å². The van der Waals surface area contributed by atoms with Crippen LogP contribution in [0.4, 0.5) is 0 Å². The van der Waals surface area contributed by atoms with Crippen molar-refractivity contribution >= 4 is 12.2 Å². The maximum Gasteiger partial charge on any atom is -0.00135 e. The molecule has 2 aliphatic rings. The summed E-state index contributed by atoms with van der Waals surface area (Å²) in [4.78, 5) is 0. The van der Waals surface area contributed by atoms with Gasteiger partial charge in [0.2, 0.25) is 0 Å². The molecule has 0 atom stereocenters. The van der Waals surface area contributed by atoms with Crippen molar-refractivity contribution < 1.29 is 0 Å². The first-order valence-corrected chi connectivity index (χ1v) is 14.3. The zero-order chi connectivity index (χ0) is 26.8. The van der Waals surface area contributed by atoms with Gasteiger partial charge in [-0.2, -0.15) is 0 Å². The summed E-state index contributed by atoms with van der Waals surface area (Å²) in [6.45, 7) is 21.2. The van der Waals surface area contributed by atoms with E-state index in [0.29, 0.717) is 0 Å². The third kappa shape index (κ3) is 5.36. The van der Waals surface area contributed by atoms with Gasteiger partial charge in [0.1, 0.15) is 0 Å². The second kappa shape index (κ2) is 9.00. The average Bonchev–Trinajstić information content (AvgIpc) is 2.97. The van der Waals surface area contributed by atoms with Gasteiger partial charge in [-0.1, -0.05) is 117 Å². The molecule has 0 saturated carbocycles. The van der Waals surface area contributed by atoms with E-state index in [0.717, 1.165) is 32.1 Å². The number of fused-ring (bicyclic) bond motifs is 2. The summed E-state index contributed by atoms with van der Waals surface area (Å²) in [7, 11) is 0. The number of rotatable bonds is 0. The van der Waals surface area contributed by atoms with Crippen LogP contribution in [0.3, 0.4) is 0 Å². The highest BCUT2D eigenvalue weighted by atomic mass is 14.3. The van der Waals surface area contributed by atoms with Crippen LogP contribution in [0.25, 0.3) is 12.2 Å². The average molecular weight is 491 g/mol. The minimum Gasteiger partial charge on any atom is -0.0561 e. The van der Waals surface area contributed by atoms with Gasteiger partial charge in [0.05, 0.1) is 0 Å². The van der Waals surface area contributed by atoms with Gasteiger partial charge in [0.25, 0.3) is 0 Å². The molecule has 2 aliphatic carbocycles. The number of hydrogen-bond donors (Lipinski definition) is 0. The standard InChI is InChI=1S/C37H46/c1-35(2,3)30-17-24-10-12-26-20-31(36(4,5)6)22-28-19-29-23-32(37(7,8)9)21-27(13-11-25(16-24)18-30)34(29)15-14-33(26)28/h14-18,20-23H,10-13,19H2,1-9H3. The largest absolute Gasteiger partial charge is 0.0561 e. The molecule has 0 saturated heterocycles. The molecule has 0 radical (unpaired) electrons. The number of benzene rings is 3. The summed E-state index contributed by atoms with van der Waals surface area (Å²) >= 11 is 0. The first-order valence-electron chi connectivity index (χ1n) is 14.3. The quantitative estimate of drug-likeness (QED) is 0.230. The molecular weight excluding hydrogens is 444 g/mol. The fraction of sp³-hybridized carbons (Fsp3) is 0.459. The lowest BCUT2D eigenvalue weighted by Crippen LogP contribution is -2.15. The summed E-state index contributed by atoms with van der Waals surface area (Å²) in [5, 5.41) is 0. The second-order valence-electron chi connectivity index (χ2n) is 14.7. The van der Waals surface area contributed by atoms with Gasteiger partial charge < -0.3 is 0 Å². The van der Waals surface area contributed by atoms with E-state index in [-0.39, 0.29) is 16.2 Å². The molecule has 3 aromatic rings. The van der Waals surface area contributed by atoms with Crippen LogP contribution in [-0.4, -0.2) is 0 Å². The molecule has 0 fully saturated rings. The molecule has 0 aliphatic heterocycles. The molecule has 0 aromatic heterocycles. The highest BCUT2D eigenvalue weighted by Gasteiger charge is 2.24. The van der Waals surface area contributed by atoms with Crippen molar-refractivity contribution in [2.24, 2.45) is 0 Å². The zero-order valence-electron chi connectivity index (χ0n) is 24.7. The molecule has 0 spiro atoms. The Balaban J connectivity index is 1.76. The third-order valence-corrected chi connectivity index (χ3v) is 8.52. The van der Waals surface area contributed by atoms with Gasteiger partial charge in [-0.25, -0.2) is 0 Å². The highest BCUT2D eigenvalue weighted by Crippen LogP contribution is 2.37. The minimum absolute atomic E-state index is 0.131. The molecule has 0 heterocycles. The van der Waals surface area contributed by atoms with Crippen LogP contribution in [0, 0.1) is 0 Å². The predicted octanol–water partition coefficient (Wildman–Crippen LogP) is 9.54. The summed E-state index contributed by atoms with van der Waals surface area (Å²) in [6.07, 6.45) is 10.3.